The van der Waals surface area contributed by atoms with E-state index >= 15 is 0 Å². The number of likely N-dealkylation sites (tertiary alicyclic amines) is 1. The Balaban J connectivity index is 1.73. The highest BCUT2D eigenvalue weighted by Gasteiger charge is 2.31. The Morgan fingerprint density at radius 1 is 1.39 bits per heavy atom. The van der Waals surface area contributed by atoms with Gasteiger partial charge in [0.2, 0.25) is 11.8 Å². The lowest BCUT2D eigenvalue weighted by Crippen LogP contribution is -2.49. The number of aromatic nitrogens is 2. The summed E-state index contributed by atoms with van der Waals surface area (Å²) in [6.45, 7) is 2.66. The van der Waals surface area contributed by atoms with E-state index in [1.807, 2.05) is 25.1 Å². The first-order chi connectivity index (χ1) is 11.2. The van der Waals surface area contributed by atoms with Gasteiger partial charge in [0, 0.05) is 24.0 Å². The number of hydrogen-bond acceptors (Lipinski definition) is 3. The summed E-state index contributed by atoms with van der Waals surface area (Å²) in [4.78, 5) is 26.6. The summed E-state index contributed by atoms with van der Waals surface area (Å²) in [6, 6.07) is 5.27. The highest BCUT2D eigenvalue weighted by atomic mass is 16.2. The summed E-state index contributed by atoms with van der Waals surface area (Å²) >= 11 is 0. The van der Waals surface area contributed by atoms with Gasteiger partial charge in [-0.05, 0) is 43.9 Å². The molecular weight excluding hydrogens is 292 g/mol. The first-order valence-corrected chi connectivity index (χ1v) is 8.22. The molecule has 0 unspecified atom stereocenters. The predicted octanol–water partition coefficient (Wildman–Crippen LogP) is 2.68. The third-order valence-electron chi connectivity index (χ3n) is 4.30. The van der Waals surface area contributed by atoms with Crippen LogP contribution in [0.5, 0.6) is 0 Å². The zero-order valence-electron chi connectivity index (χ0n) is 13.3. The van der Waals surface area contributed by atoms with Crippen LogP contribution in [0.15, 0.2) is 24.4 Å². The maximum Gasteiger partial charge on any atom is 0.247 e. The van der Waals surface area contributed by atoms with Crippen LogP contribution < -0.4 is 5.32 Å². The number of nitrogens with zero attached hydrogens (tertiary/aromatic N) is 2. The Morgan fingerprint density at radius 2 is 2.26 bits per heavy atom. The highest BCUT2D eigenvalue weighted by molar-refractivity contribution is 5.98. The lowest BCUT2D eigenvalue weighted by molar-refractivity contribution is -0.140. The lowest BCUT2D eigenvalue weighted by Gasteiger charge is -2.34. The van der Waals surface area contributed by atoms with Crippen LogP contribution in [0.4, 0.5) is 5.69 Å². The number of aromatic amines is 1. The average molecular weight is 314 g/mol. The topological polar surface area (TPSA) is 78.1 Å². The third-order valence-corrected chi connectivity index (χ3v) is 4.30. The van der Waals surface area contributed by atoms with Crippen molar-refractivity contribution in [3.8, 4) is 0 Å². The van der Waals surface area contributed by atoms with Crippen LogP contribution in [0.3, 0.4) is 0 Å². The zero-order chi connectivity index (χ0) is 16.2. The van der Waals surface area contributed by atoms with E-state index in [1.165, 1.54) is 0 Å². The van der Waals surface area contributed by atoms with Gasteiger partial charge in [-0.25, -0.2) is 0 Å². The normalized spacial score (nSPS) is 18.1. The van der Waals surface area contributed by atoms with Gasteiger partial charge >= 0.3 is 0 Å². The first-order valence-electron chi connectivity index (χ1n) is 8.22. The second-order valence-corrected chi connectivity index (χ2v) is 6.01. The van der Waals surface area contributed by atoms with Gasteiger partial charge in [-0.3, -0.25) is 14.7 Å². The third kappa shape index (κ3) is 3.36. The molecule has 1 atom stereocenters. The number of carbonyl (C=O) groups excluding carboxylic acids is 2. The van der Waals surface area contributed by atoms with Crippen LogP contribution >= 0.6 is 0 Å². The van der Waals surface area contributed by atoms with Crippen LogP contribution in [0.25, 0.3) is 10.9 Å². The van der Waals surface area contributed by atoms with Crippen LogP contribution in [-0.2, 0) is 9.59 Å². The standard InChI is InChI=1S/C17H22N4O2/c1-2-5-16(22)21-9-4-3-6-15(21)17(23)19-13-8-7-12-11-18-20-14(12)10-13/h7-8,10-11,15H,2-6,9H2,1H3,(H,18,20)(H,19,23)/t15-/m0/s1. The molecule has 1 aliphatic rings. The molecule has 1 aliphatic heterocycles. The molecule has 0 aliphatic carbocycles. The van der Waals surface area contributed by atoms with Crippen molar-refractivity contribution >= 4 is 28.4 Å². The first kappa shape index (κ1) is 15.5. The van der Waals surface area contributed by atoms with Gasteiger partial charge in [0.25, 0.3) is 0 Å². The number of carbonyl (C=O) groups is 2. The molecule has 6 nitrogen and oxygen atoms in total. The van der Waals surface area contributed by atoms with Gasteiger partial charge in [0.05, 0.1) is 11.7 Å². The number of H-pyrrole nitrogens is 1. The minimum Gasteiger partial charge on any atom is -0.331 e. The monoisotopic (exact) mass is 314 g/mol. The van der Waals surface area contributed by atoms with Crippen molar-refractivity contribution < 1.29 is 9.59 Å². The zero-order valence-corrected chi connectivity index (χ0v) is 13.3. The van der Waals surface area contributed by atoms with Crippen molar-refractivity contribution in [3.05, 3.63) is 24.4 Å². The second kappa shape index (κ2) is 6.81. The van der Waals surface area contributed by atoms with Crippen molar-refractivity contribution in [2.45, 2.75) is 45.1 Å². The molecule has 1 aromatic heterocycles. The molecule has 2 aromatic rings. The second-order valence-electron chi connectivity index (χ2n) is 6.01. The van der Waals surface area contributed by atoms with E-state index in [-0.39, 0.29) is 17.9 Å². The molecule has 3 rings (SSSR count). The maximum absolute atomic E-state index is 12.6. The van der Waals surface area contributed by atoms with Crippen molar-refractivity contribution in [2.24, 2.45) is 0 Å². The van der Waals surface area contributed by atoms with E-state index in [9.17, 15) is 9.59 Å². The average Bonchev–Trinajstić information content (AvgIpc) is 3.02. The lowest BCUT2D eigenvalue weighted by atomic mass is 10.0. The van der Waals surface area contributed by atoms with Crippen molar-refractivity contribution in [1.82, 2.24) is 15.1 Å². The molecular formula is C17H22N4O2. The molecule has 2 heterocycles. The quantitative estimate of drug-likeness (QED) is 0.910. The van der Waals surface area contributed by atoms with Gasteiger partial charge in [-0.2, -0.15) is 5.10 Å². The Labute approximate surface area is 135 Å². The number of anilines is 1. The van der Waals surface area contributed by atoms with E-state index in [4.69, 9.17) is 0 Å². The van der Waals surface area contributed by atoms with Crippen LogP contribution in [0.1, 0.15) is 39.0 Å². The van der Waals surface area contributed by atoms with Gasteiger partial charge in [-0.1, -0.05) is 6.92 Å². The molecule has 0 radical (unpaired) electrons. The number of amides is 2. The highest BCUT2D eigenvalue weighted by Crippen LogP contribution is 2.21. The summed E-state index contributed by atoms with van der Waals surface area (Å²) in [5.41, 5.74) is 1.60. The molecule has 1 saturated heterocycles. The predicted molar refractivity (Wildman–Crippen MR) is 89.0 cm³/mol. The Hall–Kier alpha value is -2.37. The Bertz CT molecular complexity index is 709. The minimum absolute atomic E-state index is 0.0800. The fraction of sp³-hybridized carbons (Fsp3) is 0.471. The van der Waals surface area contributed by atoms with E-state index in [0.717, 1.165) is 42.3 Å². The van der Waals surface area contributed by atoms with E-state index in [2.05, 4.69) is 15.5 Å². The molecule has 0 bridgehead atoms. The number of nitrogens with one attached hydrogen (secondary N) is 2. The largest absolute Gasteiger partial charge is 0.331 e. The molecule has 2 N–H and O–H groups in total. The van der Waals surface area contributed by atoms with Crippen LogP contribution in [0, 0.1) is 0 Å². The fourth-order valence-corrected chi connectivity index (χ4v) is 3.10. The van der Waals surface area contributed by atoms with E-state index < -0.39 is 0 Å². The summed E-state index contributed by atoms with van der Waals surface area (Å²) in [5, 5.41) is 10.8. The molecule has 1 fully saturated rings. The number of fused-ring (bicyclic) bond motifs is 1. The Kier molecular flexibility index (Phi) is 4.60. The van der Waals surface area contributed by atoms with Gasteiger partial charge in [0.1, 0.15) is 6.04 Å². The maximum atomic E-state index is 12.6. The van der Waals surface area contributed by atoms with Crippen molar-refractivity contribution in [2.75, 3.05) is 11.9 Å². The SMILES string of the molecule is CCCC(=O)N1CCCC[C@H]1C(=O)Nc1ccc2cn[nH]c2c1. The molecule has 122 valence electrons. The number of rotatable bonds is 4. The molecule has 2 amide bonds. The van der Waals surface area contributed by atoms with Crippen molar-refractivity contribution in [3.63, 3.8) is 0 Å². The van der Waals surface area contributed by atoms with Crippen LogP contribution in [0.2, 0.25) is 0 Å². The van der Waals surface area contributed by atoms with Gasteiger partial charge < -0.3 is 10.2 Å². The molecule has 0 spiro atoms. The number of benzene rings is 1. The van der Waals surface area contributed by atoms with Gasteiger partial charge in [0.15, 0.2) is 0 Å². The van der Waals surface area contributed by atoms with Crippen LogP contribution in [-0.4, -0.2) is 39.5 Å². The summed E-state index contributed by atoms with van der Waals surface area (Å²) < 4.78 is 0. The number of hydrogen-bond donors (Lipinski definition) is 2. The fourth-order valence-electron chi connectivity index (χ4n) is 3.10. The minimum atomic E-state index is -0.361. The molecule has 6 heteroatoms. The summed E-state index contributed by atoms with van der Waals surface area (Å²) in [6.07, 6.45) is 5.73. The van der Waals surface area contributed by atoms with Gasteiger partial charge in [-0.15, -0.1) is 0 Å². The summed E-state index contributed by atoms with van der Waals surface area (Å²) in [5.74, 6) is -0.0237. The van der Waals surface area contributed by atoms with E-state index in [0.29, 0.717) is 13.0 Å². The number of piperidine rings is 1. The van der Waals surface area contributed by atoms with Crippen molar-refractivity contribution in [1.29, 1.82) is 0 Å². The smallest absolute Gasteiger partial charge is 0.247 e. The molecule has 1 aromatic carbocycles. The van der Waals surface area contributed by atoms with E-state index in [1.54, 1.807) is 11.1 Å². The Morgan fingerprint density at radius 3 is 3.09 bits per heavy atom. The molecule has 23 heavy (non-hydrogen) atoms. The summed E-state index contributed by atoms with van der Waals surface area (Å²) in [7, 11) is 0. The molecule has 0 saturated carbocycles.